The van der Waals surface area contributed by atoms with Crippen molar-refractivity contribution < 1.29 is 0 Å². The standard InChI is InChI=1S/C60H40Br3ClSi/c61-53-25-13-47(14-26-53)41-1-7-44(8-2-41)50-19-33-57(34-20-50)65(60-39-31-56(64)32-40-60,58-35-21-51(22-36-58)45-9-3-42(4-10-45)48-15-27-54(62)28-16-48)59-37-23-52(24-38-59)46-11-5-43(6-12-46)49-17-29-55(63)30-18-49/h1-40H. The Morgan fingerprint density at radius 1 is 0.200 bits per heavy atom. The predicted molar refractivity (Wildman–Crippen MR) is 291 cm³/mol. The van der Waals surface area contributed by atoms with Crippen LogP contribution in [0.15, 0.2) is 256 Å². The second-order valence-corrected chi connectivity index (χ2v) is 23.2. The van der Waals surface area contributed by atoms with Gasteiger partial charge in [0, 0.05) is 18.4 Å². The molecule has 0 saturated heterocycles. The fraction of sp³-hybridized carbons (Fsp3) is 0. The Kier molecular flexibility index (Phi) is 12.5. The summed E-state index contributed by atoms with van der Waals surface area (Å²) in [6, 6.07) is 88.6. The molecule has 0 amide bonds. The monoisotopic (exact) mass is 1060 g/mol. The molecule has 0 spiro atoms. The summed E-state index contributed by atoms with van der Waals surface area (Å²) in [4.78, 5) is 0. The summed E-state index contributed by atoms with van der Waals surface area (Å²) in [6.07, 6.45) is 0. The topological polar surface area (TPSA) is 0 Å². The Balaban J connectivity index is 1.06. The van der Waals surface area contributed by atoms with Crippen LogP contribution in [-0.4, -0.2) is 8.07 Å². The number of rotatable bonds is 10. The molecule has 5 heteroatoms. The maximum absolute atomic E-state index is 6.65. The molecule has 0 aliphatic carbocycles. The molecule has 0 nitrogen and oxygen atoms in total. The number of benzene rings is 10. The maximum Gasteiger partial charge on any atom is 0.179 e. The molecule has 0 fully saturated rings. The van der Waals surface area contributed by atoms with Gasteiger partial charge in [-0.05, 0) is 136 Å². The predicted octanol–water partition coefficient (Wildman–Crippen LogP) is 16.0. The molecule has 0 N–H and O–H groups in total. The van der Waals surface area contributed by atoms with Crippen LogP contribution in [0.1, 0.15) is 0 Å². The van der Waals surface area contributed by atoms with Crippen molar-refractivity contribution in [3.63, 3.8) is 0 Å². The second kappa shape index (κ2) is 18.9. The molecule has 10 aromatic rings. The van der Waals surface area contributed by atoms with Gasteiger partial charge < -0.3 is 0 Å². The lowest BCUT2D eigenvalue weighted by Gasteiger charge is -2.35. The highest BCUT2D eigenvalue weighted by atomic mass is 79.9. The van der Waals surface area contributed by atoms with Crippen LogP contribution >= 0.6 is 59.4 Å². The molecule has 0 unspecified atom stereocenters. The molecule has 0 aromatic heterocycles. The molecule has 0 bridgehead atoms. The third-order valence-electron chi connectivity index (χ3n) is 12.4. The third kappa shape index (κ3) is 9.07. The smallest absolute Gasteiger partial charge is 0.0843 e. The van der Waals surface area contributed by atoms with E-state index in [4.69, 9.17) is 11.6 Å². The summed E-state index contributed by atoms with van der Waals surface area (Å²) in [7, 11) is -2.94. The van der Waals surface area contributed by atoms with Gasteiger partial charge >= 0.3 is 0 Å². The average molecular weight is 1060 g/mol. The Bertz CT molecular complexity index is 2870. The van der Waals surface area contributed by atoms with Gasteiger partial charge in [0.05, 0.1) is 0 Å². The molecule has 0 radical (unpaired) electrons. The van der Waals surface area contributed by atoms with Crippen molar-refractivity contribution in [2.75, 3.05) is 0 Å². The third-order valence-corrected chi connectivity index (χ3v) is 19.1. The minimum absolute atomic E-state index is 0.724. The lowest BCUT2D eigenvalue weighted by Crippen LogP contribution is -2.74. The van der Waals surface area contributed by atoms with Crippen LogP contribution < -0.4 is 20.7 Å². The summed E-state index contributed by atoms with van der Waals surface area (Å²) in [5, 5.41) is 5.89. The largest absolute Gasteiger partial charge is 0.179 e. The van der Waals surface area contributed by atoms with Gasteiger partial charge in [-0.1, -0.05) is 254 Å². The van der Waals surface area contributed by atoms with Crippen LogP contribution in [0.2, 0.25) is 5.02 Å². The first-order valence-corrected chi connectivity index (χ1v) is 26.2. The molecule has 0 saturated carbocycles. The van der Waals surface area contributed by atoms with Gasteiger partial charge in [0.1, 0.15) is 0 Å². The van der Waals surface area contributed by atoms with Crippen LogP contribution in [0.4, 0.5) is 0 Å². The first kappa shape index (κ1) is 43.1. The number of hydrogen-bond donors (Lipinski definition) is 0. The zero-order valence-corrected chi connectivity index (χ0v) is 41.6. The zero-order valence-electron chi connectivity index (χ0n) is 35.1. The van der Waals surface area contributed by atoms with E-state index in [0.717, 1.165) is 18.4 Å². The van der Waals surface area contributed by atoms with Crippen molar-refractivity contribution >= 4 is 88.2 Å². The van der Waals surface area contributed by atoms with E-state index in [2.05, 4.69) is 278 Å². The molecule has 10 aromatic carbocycles. The first-order chi connectivity index (χ1) is 31.8. The van der Waals surface area contributed by atoms with Crippen LogP contribution in [0.3, 0.4) is 0 Å². The van der Waals surface area contributed by atoms with E-state index in [-0.39, 0.29) is 0 Å². The Morgan fingerprint density at radius 3 is 0.523 bits per heavy atom. The van der Waals surface area contributed by atoms with Crippen LogP contribution in [0.5, 0.6) is 0 Å². The SMILES string of the molecule is Clc1ccc([Si](c2ccc(-c3ccc(-c4ccc(Br)cc4)cc3)cc2)(c2ccc(-c3ccc(-c4ccc(Br)cc4)cc3)cc2)c2ccc(-c3ccc(-c4ccc(Br)cc4)cc3)cc2)cc1. The van der Waals surface area contributed by atoms with Crippen molar-refractivity contribution in [1.82, 2.24) is 0 Å². The van der Waals surface area contributed by atoms with E-state index >= 15 is 0 Å². The second-order valence-electron chi connectivity index (χ2n) is 16.2. The van der Waals surface area contributed by atoms with E-state index in [1.54, 1.807) is 0 Å². The molecule has 0 atom stereocenters. The van der Waals surface area contributed by atoms with E-state index in [1.165, 1.54) is 87.5 Å². The number of hydrogen-bond acceptors (Lipinski definition) is 0. The van der Waals surface area contributed by atoms with E-state index < -0.39 is 8.07 Å². The quantitative estimate of drug-likeness (QED) is 0.0946. The van der Waals surface area contributed by atoms with Crippen molar-refractivity contribution in [2.24, 2.45) is 0 Å². The number of halogens is 4. The Morgan fingerprint density at radius 2 is 0.338 bits per heavy atom. The fourth-order valence-electron chi connectivity index (χ4n) is 8.93. The molecule has 65 heavy (non-hydrogen) atoms. The van der Waals surface area contributed by atoms with Crippen LogP contribution in [-0.2, 0) is 0 Å². The van der Waals surface area contributed by atoms with Gasteiger partial charge in [0.2, 0.25) is 0 Å². The molecular formula is C60H40Br3ClSi. The summed E-state index contributed by atoms with van der Waals surface area (Å²) in [6.45, 7) is 0. The first-order valence-electron chi connectivity index (χ1n) is 21.5. The van der Waals surface area contributed by atoms with Crippen molar-refractivity contribution in [3.8, 4) is 66.8 Å². The van der Waals surface area contributed by atoms with E-state index in [0.29, 0.717) is 0 Å². The highest BCUT2D eigenvalue weighted by Crippen LogP contribution is 2.30. The van der Waals surface area contributed by atoms with Crippen LogP contribution in [0, 0.1) is 0 Å². The highest BCUT2D eigenvalue weighted by molar-refractivity contribution is 9.11. The fourth-order valence-corrected chi connectivity index (χ4v) is 14.5. The van der Waals surface area contributed by atoms with E-state index in [9.17, 15) is 0 Å². The summed E-state index contributed by atoms with van der Waals surface area (Å²) in [5.74, 6) is 0. The summed E-state index contributed by atoms with van der Waals surface area (Å²) in [5.41, 5.74) is 14.3. The van der Waals surface area contributed by atoms with Gasteiger partial charge in [-0.15, -0.1) is 0 Å². The van der Waals surface area contributed by atoms with Crippen molar-refractivity contribution in [3.05, 3.63) is 261 Å². The molecular weight excluding hydrogens is 1020 g/mol. The molecule has 0 aliphatic heterocycles. The molecule has 10 rings (SSSR count). The van der Waals surface area contributed by atoms with Gasteiger partial charge in [0.15, 0.2) is 8.07 Å². The zero-order chi connectivity index (χ0) is 44.3. The normalized spacial score (nSPS) is 11.4. The summed E-state index contributed by atoms with van der Waals surface area (Å²) >= 11 is 17.4. The lowest BCUT2D eigenvalue weighted by atomic mass is 10.0. The average Bonchev–Trinajstić information content (AvgIpc) is 3.36. The van der Waals surface area contributed by atoms with Gasteiger partial charge in [-0.2, -0.15) is 0 Å². The van der Waals surface area contributed by atoms with Crippen molar-refractivity contribution in [1.29, 1.82) is 0 Å². The molecule has 312 valence electrons. The Labute approximate surface area is 412 Å². The summed E-state index contributed by atoms with van der Waals surface area (Å²) < 4.78 is 3.23. The Hall–Kier alpha value is -5.85. The highest BCUT2D eigenvalue weighted by Gasteiger charge is 2.41. The minimum atomic E-state index is -2.94. The van der Waals surface area contributed by atoms with Crippen LogP contribution in [0.25, 0.3) is 66.8 Å². The van der Waals surface area contributed by atoms with Crippen molar-refractivity contribution in [2.45, 2.75) is 0 Å². The van der Waals surface area contributed by atoms with Gasteiger partial charge in [-0.3, -0.25) is 0 Å². The van der Waals surface area contributed by atoms with Gasteiger partial charge in [-0.25, -0.2) is 0 Å². The molecule has 0 aliphatic rings. The van der Waals surface area contributed by atoms with E-state index in [1.807, 2.05) is 12.1 Å². The lowest BCUT2D eigenvalue weighted by molar-refractivity contribution is 1.57. The van der Waals surface area contributed by atoms with Gasteiger partial charge in [0.25, 0.3) is 0 Å². The molecule has 0 heterocycles. The maximum atomic E-state index is 6.65. The minimum Gasteiger partial charge on any atom is -0.0843 e.